The Morgan fingerprint density at radius 2 is 1.96 bits per heavy atom. The quantitative estimate of drug-likeness (QED) is 0.631. The first kappa shape index (κ1) is 17.9. The van der Waals surface area contributed by atoms with Crippen molar-refractivity contribution in [3.8, 4) is 11.5 Å². The molecular weight excluding hydrogens is 318 g/mol. The van der Waals surface area contributed by atoms with Crippen LogP contribution in [0.2, 0.25) is 0 Å². The molecule has 138 valence electrons. The van der Waals surface area contributed by atoms with Crippen molar-refractivity contribution in [2.45, 2.75) is 56.7 Å². The standard InChI is InChI=1S/C19H29N3O3/c1-23-16-7-6-14(12-17(16)24-2)22-18(20)21-13-15-8-11-19(25-15)9-4-3-5-10-19/h6-7,12,15H,3-5,8-11,13H2,1-2H3,(H3,20,21,22). The van der Waals surface area contributed by atoms with E-state index < -0.39 is 0 Å². The molecule has 3 rings (SSSR count). The second-order valence-electron chi connectivity index (χ2n) is 6.94. The SMILES string of the molecule is COc1ccc(NC(N)=NCC2CCC3(CCCCC3)O2)cc1OC. The van der Waals surface area contributed by atoms with Gasteiger partial charge in [-0.3, -0.25) is 4.99 Å². The molecule has 1 aromatic rings. The highest BCUT2D eigenvalue weighted by atomic mass is 16.5. The molecule has 0 aromatic heterocycles. The third kappa shape index (κ3) is 4.37. The maximum Gasteiger partial charge on any atom is 0.193 e. The number of guanidine groups is 1. The largest absolute Gasteiger partial charge is 0.493 e. The van der Waals surface area contributed by atoms with Crippen molar-refractivity contribution in [2.75, 3.05) is 26.1 Å². The summed E-state index contributed by atoms with van der Waals surface area (Å²) in [5.74, 6) is 1.72. The van der Waals surface area contributed by atoms with Crippen LogP contribution < -0.4 is 20.5 Å². The first-order valence-electron chi connectivity index (χ1n) is 9.11. The van der Waals surface area contributed by atoms with Gasteiger partial charge in [0, 0.05) is 11.8 Å². The van der Waals surface area contributed by atoms with Crippen LogP contribution in [0.15, 0.2) is 23.2 Å². The average Bonchev–Trinajstić information content (AvgIpc) is 3.02. The van der Waals surface area contributed by atoms with E-state index in [2.05, 4.69) is 10.3 Å². The Hall–Kier alpha value is -1.95. The van der Waals surface area contributed by atoms with Crippen molar-refractivity contribution in [3.63, 3.8) is 0 Å². The first-order valence-corrected chi connectivity index (χ1v) is 9.11. The fraction of sp³-hybridized carbons (Fsp3) is 0.632. The molecule has 25 heavy (non-hydrogen) atoms. The van der Waals surface area contributed by atoms with Crippen molar-refractivity contribution >= 4 is 11.6 Å². The molecular formula is C19H29N3O3. The number of aliphatic imine (C=N–C) groups is 1. The lowest BCUT2D eigenvalue weighted by molar-refractivity contribution is -0.0598. The van der Waals surface area contributed by atoms with Crippen LogP contribution in [0.25, 0.3) is 0 Å². The maximum absolute atomic E-state index is 6.33. The molecule has 1 spiro atoms. The Bertz CT molecular complexity index is 612. The third-order valence-corrected chi connectivity index (χ3v) is 5.22. The molecule has 1 saturated heterocycles. The summed E-state index contributed by atoms with van der Waals surface area (Å²) in [6, 6.07) is 5.55. The number of ether oxygens (including phenoxy) is 3. The number of hydrogen-bond acceptors (Lipinski definition) is 4. The van der Waals surface area contributed by atoms with E-state index in [0.717, 1.165) is 18.5 Å². The van der Waals surface area contributed by atoms with Crippen LogP contribution in [0.5, 0.6) is 11.5 Å². The number of rotatable bonds is 5. The Morgan fingerprint density at radius 1 is 1.20 bits per heavy atom. The predicted octanol–water partition coefficient (Wildman–Crippen LogP) is 3.31. The van der Waals surface area contributed by atoms with Crippen LogP contribution in [0, 0.1) is 0 Å². The average molecular weight is 347 g/mol. The summed E-state index contributed by atoms with van der Waals surface area (Å²) in [5, 5.41) is 3.10. The fourth-order valence-electron chi connectivity index (χ4n) is 3.89. The smallest absolute Gasteiger partial charge is 0.193 e. The molecule has 1 atom stereocenters. The summed E-state index contributed by atoms with van der Waals surface area (Å²) >= 11 is 0. The van der Waals surface area contributed by atoms with Gasteiger partial charge in [0.05, 0.1) is 32.5 Å². The predicted molar refractivity (Wildman–Crippen MR) is 99.6 cm³/mol. The number of hydrogen-bond donors (Lipinski definition) is 2. The summed E-state index contributed by atoms with van der Waals surface area (Å²) in [6.07, 6.45) is 8.75. The normalized spacial score (nSPS) is 22.8. The molecule has 1 aromatic carbocycles. The summed E-state index contributed by atoms with van der Waals surface area (Å²) in [6.45, 7) is 0.605. The van der Waals surface area contributed by atoms with Gasteiger partial charge in [0.1, 0.15) is 0 Å². The number of anilines is 1. The van der Waals surface area contributed by atoms with E-state index in [1.165, 1.54) is 32.1 Å². The Balaban J connectivity index is 1.54. The van der Waals surface area contributed by atoms with Gasteiger partial charge < -0.3 is 25.3 Å². The molecule has 2 aliphatic rings. The molecule has 1 saturated carbocycles. The zero-order valence-electron chi connectivity index (χ0n) is 15.2. The minimum absolute atomic E-state index is 0.129. The highest BCUT2D eigenvalue weighted by Crippen LogP contribution is 2.41. The van der Waals surface area contributed by atoms with E-state index in [-0.39, 0.29) is 11.7 Å². The van der Waals surface area contributed by atoms with Crippen LogP contribution in [-0.4, -0.2) is 38.4 Å². The van der Waals surface area contributed by atoms with Gasteiger partial charge in [-0.2, -0.15) is 0 Å². The minimum Gasteiger partial charge on any atom is -0.493 e. The number of benzene rings is 1. The van der Waals surface area contributed by atoms with Crippen molar-refractivity contribution in [1.29, 1.82) is 0 Å². The molecule has 1 unspecified atom stereocenters. The molecule has 0 bridgehead atoms. The van der Waals surface area contributed by atoms with Gasteiger partial charge in [0.15, 0.2) is 17.5 Å². The highest BCUT2D eigenvalue weighted by Gasteiger charge is 2.40. The number of nitrogens with two attached hydrogens (primary N) is 1. The van der Waals surface area contributed by atoms with Crippen LogP contribution in [-0.2, 0) is 4.74 Å². The van der Waals surface area contributed by atoms with E-state index in [9.17, 15) is 0 Å². The van der Waals surface area contributed by atoms with Crippen molar-refractivity contribution in [3.05, 3.63) is 18.2 Å². The van der Waals surface area contributed by atoms with E-state index in [0.29, 0.717) is 24.0 Å². The van der Waals surface area contributed by atoms with Crippen molar-refractivity contribution in [1.82, 2.24) is 0 Å². The van der Waals surface area contributed by atoms with Gasteiger partial charge in [0.2, 0.25) is 0 Å². The minimum atomic E-state index is 0.129. The van der Waals surface area contributed by atoms with Crippen molar-refractivity contribution < 1.29 is 14.2 Å². The van der Waals surface area contributed by atoms with E-state index in [4.69, 9.17) is 19.9 Å². The second-order valence-corrected chi connectivity index (χ2v) is 6.94. The Morgan fingerprint density at radius 3 is 2.68 bits per heavy atom. The zero-order valence-corrected chi connectivity index (χ0v) is 15.2. The van der Waals surface area contributed by atoms with Crippen LogP contribution in [0.3, 0.4) is 0 Å². The highest BCUT2D eigenvalue weighted by molar-refractivity contribution is 5.92. The molecule has 3 N–H and O–H groups in total. The molecule has 1 aliphatic heterocycles. The molecule has 1 aliphatic carbocycles. The molecule has 6 heteroatoms. The maximum atomic E-state index is 6.33. The van der Waals surface area contributed by atoms with Gasteiger partial charge in [0.25, 0.3) is 0 Å². The van der Waals surface area contributed by atoms with Crippen LogP contribution in [0.1, 0.15) is 44.9 Å². The van der Waals surface area contributed by atoms with E-state index in [1.807, 2.05) is 18.2 Å². The van der Waals surface area contributed by atoms with Gasteiger partial charge in [-0.15, -0.1) is 0 Å². The topological polar surface area (TPSA) is 78.1 Å². The van der Waals surface area contributed by atoms with Gasteiger partial charge in [-0.1, -0.05) is 19.3 Å². The number of nitrogens with zero attached hydrogens (tertiary/aromatic N) is 1. The van der Waals surface area contributed by atoms with Gasteiger partial charge >= 0.3 is 0 Å². The zero-order chi connectivity index (χ0) is 17.7. The van der Waals surface area contributed by atoms with Crippen molar-refractivity contribution in [2.24, 2.45) is 10.7 Å². The number of nitrogens with one attached hydrogen (secondary N) is 1. The summed E-state index contributed by atoms with van der Waals surface area (Å²) in [4.78, 5) is 4.46. The number of methoxy groups -OCH3 is 2. The summed E-state index contributed by atoms with van der Waals surface area (Å²) in [7, 11) is 3.22. The van der Waals surface area contributed by atoms with Gasteiger partial charge in [-0.05, 0) is 37.8 Å². The molecule has 0 amide bonds. The van der Waals surface area contributed by atoms with Crippen LogP contribution in [0.4, 0.5) is 5.69 Å². The fourth-order valence-corrected chi connectivity index (χ4v) is 3.89. The van der Waals surface area contributed by atoms with Crippen LogP contribution >= 0.6 is 0 Å². The Kier molecular flexibility index (Phi) is 5.68. The first-order chi connectivity index (χ1) is 12.1. The van der Waals surface area contributed by atoms with Gasteiger partial charge in [-0.25, -0.2) is 0 Å². The molecule has 0 radical (unpaired) electrons. The molecule has 2 fully saturated rings. The summed E-state index contributed by atoms with van der Waals surface area (Å²) < 4.78 is 16.9. The lowest BCUT2D eigenvalue weighted by Crippen LogP contribution is -2.32. The second kappa shape index (κ2) is 7.95. The lowest BCUT2D eigenvalue weighted by Gasteiger charge is -2.33. The third-order valence-electron chi connectivity index (χ3n) is 5.22. The monoisotopic (exact) mass is 347 g/mol. The van der Waals surface area contributed by atoms with E-state index in [1.54, 1.807) is 14.2 Å². The van der Waals surface area contributed by atoms with E-state index >= 15 is 0 Å². The molecule has 6 nitrogen and oxygen atoms in total. The Labute approximate surface area is 149 Å². The summed E-state index contributed by atoms with van der Waals surface area (Å²) in [5.41, 5.74) is 6.97. The lowest BCUT2D eigenvalue weighted by atomic mass is 9.83. The molecule has 1 heterocycles.